The third-order valence-electron chi connectivity index (χ3n) is 1.29. The van der Waals surface area contributed by atoms with Crippen molar-refractivity contribution in [2.75, 3.05) is 0 Å². The van der Waals surface area contributed by atoms with Gasteiger partial charge in [0, 0.05) is 0 Å². The first-order valence-corrected chi connectivity index (χ1v) is 3.82. The average molecular weight is 302 g/mol. The van der Waals surface area contributed by atoms with E-state index in [1.54, 1.807) is 0 Å². The summed E-state index contributed by atoms with van der Waals surface area (Å²) in [6.07, 6.45) is -4.12. The molecule has 0 bridgehead atoms. The van der Waals surface area contributed by atoms with Crippen molar-refractivity contribution in [2.24, 2.45) is 0 Å². The van der Waals surface area contributed by atoms with E-state index in [4.69, 9.17) is 35.4 Å². The van der Waals surface area contributed by atoms with E-state index < -0.39 is 42.5 Å². The van der Waals surface area contributed by atoms with Gasteiger partial charge in [-0.05, 0) is 0 Å². The van der Waals surface area contributed by atoms with E-state index in [9.17, 15) is 14.4 Å². The van der Waals surface area contributed by atoms with Crippen molar-refractivity contribution < 1.29 is 49.8 Å². The first-order valence-electron chi connectivity index (χ1n) is 3.82. The molecule has 19 heavy (non-hydrogen) atoms. The van der Waals surface area contributed by atoms with Crippen LogP contribution in [0.2, 0.25) is 0 Å². The van der Waals surface area contributed by atoms with Gasteiger partial charge in [0.1, 0.15) is 0 Å². The zero-order valence-electron chi connectivity index (χ0n) is 8.23. The number of aliphatic hydroxyl groups is 1. The summed E-state index contributed by atoms with van der Waals surface area (Å²) in [6, 6.07) is 0. The molecular formula is C7H12Na2O10. The summed E-state index contributed by atoms with van der Waals surface area (Å²) in [4.78, 5) is 39.0. The number of aliphatic carboxylic acids is 3. The Bertz CT molecular complexity index is 308. The molecule has 0 atom stereocenters. The van der Waals surface area contributed by atoms with E-state index in [2.05, 4.69) is 0 Å². The van der Waals surface area contributed by atoms with E-state index in [0.717, 1.165) is 0 Å². The van der Waals surface area contributed by atoms with Crippen LogP contribution in [0.3, 0.4) is 0 Å². The van der Waals surface area contributed by atoms with Gasteiger partial charge in [-0.1, -0.05) is 0 Å². The van der Waals surface area contributed by atoms with Crippen molar-refractivity contribution in [3.63, 3.8) is 0 Å². The number of carboxylic acids is 3. The molecule has 0 spiro atoms. The fraction of sp³-hybridized carbons (Fsp3) is 0.429. The Morgan fingerprint density at radius 3 is 1.05 bits per heavy atom. The van der Waals surface area contributed by atoms with Crippen LogP contribution in [0.4, 0.5) is 4.79 Å². The quantitative estimate of drug-likeness (QED) is 0.300. The summed E-state index contributed by atoms with van der Waals surface area (Å²) >= 11 is 0. The zero-order chi connectivity index (χ0) is 14.2. The maximum absolute atomic E-state index is 10.3. The second-order valence-electron chi connectivity index (χ2n) is 2.76. The summed E-state index contributed by atoms with van der Waals surface area (Å²) in [5.41, 5.74) is -2.74. The van der Waals surface area contributed by atoms with Crippen LogP contribution in [0.5, 0.6) is 0 Å². The summed E-state index contributed by atoms with van der Waals surface area (Å²) in [5, 5.41) is 47.8. The number of hydrogen-bond acceptors (Lipinski definition) is 5. The van der Waals surface area contributed by atoms with Crippen molar-refractivity contribution in [2.45, 2.75) is 18.4 Å². The molecule has 0 aromatic rings. The van der Waals surface area contributed by atoms with Crippen molar-refractivity contribution in [1.29, 1.82) is 0 Å². The normalized spacial score (nSPS) is 8.68. The molecule has 0 aromatic heterocycles. The van der Waals surface area contributed by atoms with Crippen LogP contribution < -0.4 is 0 Å². The predicted octanol–water partition coefficient (Wildman–Crippen LogP) is -2.32. The molecule has 0 radical (unpaired) electrons. The van der Waals surface area contributed by atoms with Crippen molar-refractivity contribution >= 4 is 83.2 Å². The standard InChI is InChI=1S/C6H8O7.CH2O3.2Na.2H/c7-3(8)1-6(13,5(11)12)2-4(9)10;2-1(3)4;;;;/h13H,1-2H2,(H,7,8)(H,9,10)(H,11,12);(H2,2,3,4);;;;. The molecule has 0 unspecified atom stereocenters. The van der Waals surface area contributed by atoms with Crippen LogP contribution in [0.15, 0.2) is 0 Å². The Hall–Kier alpha value is -0.360. The van der Waals surface area contributed by atoms with Gasteiger partial charge in [-0.2, -0.15) is 0 Å². The number of hydrogen-bond donors (Lipinski definition) is 6. The van der Waals surface area contributed by atoms with Gasteiger partial charge in [-0.25, -0.2) is 9.59 Å². The van der Waals surface area contributed by atoms with Gasteiger partial charge in [0.2, 0.25) is 0 Å². The van der Waals surface area contributed by atoms with Crippen molar-refractivity contribution in [3.8, 4) is 0 Å². The van der Waals surface area contributed by atoms with Gasteiger partial charge in [-0.3, -0.25) is 9.59 Å². The minimum absolute atomic E-state index is 0. The predicted molar refractivity (Wildman–Crippen MR) is 62.0 cm³/mol. The molecule has 0 aromatic carbocycles. The second-order valence-corrected chi connectivity index (χ2v) is 2.76. The molecule has 0 aliphatic heterocycles. The van der Waals surface area contributed by atoms with Crippen LogP contribution in [0, 0.1) is 0 Å². The molecule has 102 valence electrons. The van der Waals surface area contributed by atoms with Gasteiger partial charge in [-0.15, -0.1) is 0 Å². The molecule has 0 saturated heterocycles. The maximum atomic E-state index is 10.3. The molecular weight excluding hydrogens is 290 g/mol. The van der Waals surface area contributed by atoms with Gasteiger partial charge in [0.25, 0.3) is 0 Å². The first-order chi connectivity index (χ1) is 7.51. The van der Waals surface area contributed by atoms with Crippen LogP contribution in [0.1, 0.15) is 12.8 Å². The van der Waals surface area contributed by atoms with Gasteiger partial charge in [0.15, 0.2) is 5.60 Å². The summed E-state index contributed by atoms with van der Waals surface area (Å²) in [5.74, 6) is -5.02. The number of rotatable bonds is 5. The van der Waals surface area contributed by atoms with E-state index >= 15 is 0 Å². The van der Waals surface area contributed by atoms with Crippen molar-refractivity contribution in [1.82, 2.24) is 0 Å². The van der Waals surface area contributed by atoms with Crippen LogP contribution >= 0.6 is 0 Å². The Morgan fingerprint density at radius 2 is 0.947 bits per heavy atom. The van der Waals surface area contributed by atoms with Gasteiger partial charge in [0.05, 0.1) is 12.8 Å². The topological polar surface area (TPSA) is 190 Å². The van der Waals surface area contributed by atoms with Crippen LogP contribution in [-0.2, 0) is 14.4 Å². The molecule has 12 heteroatoms. The fourth-order valence-corrected chi connectivity index (χ4v) is 0.714. The average Bonchev–Trinajstić information content (AvgIpc) is 1.98. The first kappa shape index (κ1) is 27.1. The number of carboxylic acid groups (broad SMARTS) is 5. The van der Waals surface area contributed by atoms with Crippen molar-refractivity contribution in [3.05, 3.63) is 0 Å². The Labute approximate surface area is 150 Å². The van der Waals surface area contributed by atoms with Crippen LogP contribution in [-0.4, -0.2) is 119 Å². The molecule has 0 aliphatic rings. The van der Waals surface area contributed by atoms with E-state index in [1.807, 2.05) is 0 Å². The minimum atomic E-state index is -2.74. The molecule has 0 amide bonds. The molecule has 0 rings (SSSR count). The monoisotopic (exact) mass is 302 g/mol. The Balaban J connectivity index is -0.000000165. The van der Waals surface area contributed by atoms with E-state index in [0.29, 0.717) is 0 Å². The summed E-state index contributed by atoms with van der Waals surface area (Å²) in [6.45, 7) is 0. The SMILES string of the molecule is O=C(O)CC(O)(CC(=O)O)C(=O)O.O=C(O)O.[NaH].[NaH]. The van der Waals surface area contributed by atoms with Gasteiger partial charge < -0.3 is 30.6 Å². The molecule has 0 heterocycles. The molecule has 0 fully saturated rings. The fourth-order valence-electron chi connectivity index (χ4n) is 0.714. The van der Waals surface area contributed by atoms with Crippen LogP contribution in [0.25, 0.3) is 0 Å². The Kier molecular flexibility index (Phi) is 18.0. The van der Waals surface area contributed by atoms with E-state index in [1.165, 1.54) is 0 Å². The molecule has 0 saturated carbocycles. The Morgan fingerprint density at radius 1 is 0.737 bits per heavy atom. The summed E-state index contributed by atoms with van der Waals surface area (Å²) < 4.78 is 0. The summed E-state index contributed by atoms with van der Waals surface area (Å²) in [7, 11) is 0. The van der Waals surface area contributed by atoms with Gasteiger partial charge >= 0.3 is 83.2 Å². The zero-order valence-corrected chi connectivity index (χ0v) is 8.23. The molecule has 6 N–H and O–H groups in total. The molecule has 10 nitrogen and oxygen atoms in total. The molecule has 0 aliphatic carbocycles. The van der Waals surface area contributed by atoms with E-state index in [-0.39, 0.29) is 59.1 Å². The number of carbonyl (C=O) groups is 4. The third-order valence-corrected chi connectivity index (χ3v) is 1.29. The third kappa shape index (κ3) is 17.6. The second kappa shape index (κ2) is 12.7.